The highest BCUT2D eigenvalue weighted by Crippen LogP contribution is 2.29. The number of pyridine rings is 1. The van der Waals surface area contributed by atoms with Crippen LogP contribution in [0.3, 0.4) is 0 Å². The number of hydrogen-bond acceptors (Lipinski definition) is 3. The van der Waals surface area contributed by atoms with E-state index >= 15 is 0 Å². The van der Waals surface area contributed by atoms with Crippen molar-refractivity contribution in [2.24, 2.45) is 0 Å². The van der Waals surface area contributed by atoms with E-state index in [9.17, 15) is 17.2 Å². The van der Waals surface area contributed by atoms with Crippen LogP contribution in [0.2, 0.25) is 0 Å². The molecule has 0 atom stereocenters. The van der Waals surface area contributed by atoms with Gasteiger partial charge in [-0.15, -0.1) is 0 Å². The minimum absolute atomic E-state index is 0.0990. The van der Waals surface area contributed by atoms with Gasteiger partial charge in [0.05, 0.1) is 4.47 Å². The van der Waals surface area contributed by atoms with Crippen molar-refractivity contribution in [3.63, 3.8) is 0 Å². The first-order chi connectivity index (χ1) is 6.73. The zero-order chi connectivity index (χ0) is 11.8. The molecule has 0 N–H and O–H groups in total. The third-order valence-electron chi connectivity index (χ3n) is 1.58. The molecular formula is C7H5BrClF2NO2S. The lowest BCUT2D eigenvalue weighted by atomic mass is 10.2. The Balaban J connectivity index is 3.52. The maximum Gasteiger partial charge on any atom is 0.280 e. The molecule has 0 aromatic carbocycles. The van der Waals surface area contributed by atoms with E-state index in [0.29, 0.717) is 5.56 Å². The van der Waals surface area contributed by atoms with Gasteiger partial charge < -0.3 is 0 Å². The zero-order valence-electron chi connectivity index (χ0n) is 7.34. The predicted molar refractivity (Wildman–Crippen MR) is 54.7 cm³/mol. The first-order valence-corrected chi connectivity index (χ1v) is 6.73. The minimum Gasteiger partial charge on any atom is -0.233 e. The summed E-state index contributed by atoms with van der Waals surface area (Å²) in [5.74, 6) is 0. The molecule has 0 fully saturated rings. The van der Waals surface area contributed by atoms with E-state index in [1.54, 1.807) is 0 Å². The molecule has 0 aliphatic rings. The topological polar surface area (TPSA) is 47.0 Å². The first kappa shape index (κ1) is 12.8. The summed E-state index contributed by atoms with van der Waals surface area (Å²) >= 11 is 2.93. The molecule has 1 aromatic heterocycles. The summed E-state index contributed by atoms with van der Waals surface area (Å²) in [6.07, 6.45) is -2.84. The van der Waals surface area contributed by atoms with Gasteiger partial charge in [0, 0.05) is 10.7 Å². The van der Waals surface area contributed by atoms with Gasteiger partial charge in [0.15, 0.2) is 5.03 Å². The summed E-state index contributed by atoms with van der Waals surface area (Å²) < 4.78 is 46.8. The summed E-state index contributed by atoms with van der Waals surface area (Å²) in [4.78, 5) is 3.29. The Hall–Kier alpha value is -0.270. The van der Waals surface area contributed by atoms with Crippen molar-refractivity contribution < 1.29 is 17.2 Å². The van der Waals surface area contributed by atoms with E-state index in [1.807, 2.05) is 0 Å². The van der Waals surface area contributed by atoms with Gasteiger partial charge in [0.1, 0.15) is 5.69 Å². The van der Waals surface area contributed by atoms with Gasteiger partial charge in [-0.3, -0.25) is 0 Å². The fraction of sp³-hybridized carbons (Fsp3) is 0.286. The summed E-state index contributed by atoms with van der Waals surface area (Å²) in [7, 11) is 0.916. The Morgan fingerprint density at radius 2 is 2.07 bits per heavy atom. The Morgan fingerprint density at radius 1 is 1.53 bits per heavy atom. The monoisotopic (exact) mass is 319 g/mol. The maximum atomic E-state index is 12.3. The van der Waals surface area contributed by atoms with Gasteiger partial charge in [0.2, 0.25) is 0 Å². The van der Waals surface area contributed by atoms with Crippen LogP contribution in [-0.4, -0.2) is 13.4 Å². The standard InChI is InChI=1S/C7H5BrClF2NO2S/c1-3-2-4(6(10)11)12-7(5(3)8)15(9,13)14/h2,6H,1H3. The summed E-state index contributed by atoms with van der Waals surface area (Å²) in [5, 5.41) is -0.584. The Morgan fingerprint density at radius 3 is 2.47 bits per heavy atom. The van der Waals surface area contributed by atoms with E-state index in [0.717, 1.165) is 6.07 Å². The van der Waals surface area contributed by atoms with Crippen molar-refractivity contribution in [1.29, 1.82) is 0 Å². The van der Waals surface area contributed by atoms with E-state index in [-0.39, 0.29) is 4.47 Å². The third-order valence-corrected chi connectivity index (χ3v) is 4.04. The van der Waals surface area contributed by atoms with E-state index < -0.39 is 26.2 Å². The van der Waals surface area contributed by atoms with Gasteiger partial charge in [-0.05, 0) is 34.5 Å². The smallest absolute Gasteiger partial charge is 0.233 e. The number of rotatable bonds is 2. The summed E-state index contributed by atoms with van der Waals surface area (Å²) in [6.45, 7) is 1.48. The van der Waals surface area contributed by atoms with Crippen LogP contribution in [0.25, 0.3) is 0 Å². The Bertz CT molecular complexity index is 492. The second-order valence-electron chi connectivity index (χ2n) is 2.72. The molecule has 1 heterocycles. The van der Waals surface area contributed by atoms with Crippen LogP contribution >= 0.6 is 26.6 Å². The Kier molecular flexibility index (Phi) is 3.67. The van der Waals surface area contributed by atoms with Crippen molar-refractivity contribution in [2.45, 2.75) is 18.4 Å². The molecule has 0 radical (unpaired) electrons. The van der Waals surface area contributed by atoms with Crippen molar-refractivity contribution in [3.8, 4) is 0 Å². The molecule has 0 bridgehead atoms. The highest BCUT2D eigenvalue weighted by molar-refractivity contribution is 9.10. The van der Waals surface area contributed by atoms with Crippen LogP contribution in [-0.2, 0) is 9.05 Å². The maximum absolute atomic E-state index is 12.3. The Labute approximate surface area is 98.0 Å². The molecule has 84 valence electrons. The number of hydrogen-bond donors (Lipinski definition) is 0. The molecule has 0 saturated carbocycles. The lowest BCUT2D eigenvalue weighted by Gasteiger charge is -2.06. The molecule has 0 unspecified atom stereocenters. The fourth-order valence-corrected chi connectivity index (χ4v) is 2.97. The quantitative estimate of drug-likeness (QED) is 0.787. The van der Waals surface area contributed by atoms with E-state index in [1.165, 1.54) is 6.92 Å². The third kappa shape index (κ3) is 2.85. The molecule has 15 heavy (non-hydrogen) atoms. The average Bonchev–Trinajstić information content (AvgIpc) is 2.06. The number of nitrogens with zero attached hydrogens (tertiary/aromatic N) is 1. The van der Waals surface area contributed by atoms with Crippen LogP contribution in [0.1, 0.15) is 17.7 Å². The second kappa shape index (κ2) is 4.31. The summed E-state index contributed by atoms with van der Waals surface area (Å²) in [5.41, 5.74) is -0.283. The number of alkyl halides is 2. The van der Waals surface area contributed by atoms with Crippen LogP contribution < -0.4 is 0 Å². The van der Waals surface area contributed by atoms with E-state index in [4.69, 9.17) is 10.7 Å². The fourth-order valence-electron chi connectivity index (χ4n) is 0.926. The lowest BCUT2D eigenvalue weighted by Crippen LogP contribution is -2.02. The SMILES string of the molecule is Cc1cc(C(F)F)nc(S(=O)(=O)Cl)c1Br. The van der Waals surface area contributed by atoms with Gasteiger partial charge in [-0.2, -0.15) is 0 Å². The van der Waals surface area contributed by atoms with Crippen molar-refractivity contribution in [3.05, 3.63) is 21.8 Å². The molecule has 3 nitrogen and oxygen atoms in total. The van der Waals surface area contributed by atoms with Crippen LogP contribution in [0.4, 0.5) is 8.78 Å². The molecule has 0 saturated heterocycles. The van der Waals surface area contributed by atoms with Gasteiger partial charge >= 0.3 is 0 Å². The molecule has 0 spiro atoms. The van der Waals surface area contributed by atoms with Crippen LogP contribution in [0.5, 0.6) is 0 Å². The molecular weight excluding hydrogens is 316 g/mol. The molecule has 1 rings (SSSR count). The average molecular weight is 321 g/mol. The van der Waals surface area contributed by atoms with E-state index in [2.05, 4.69) is 20.9 Å². The molecule has 1 aromatic rings. The number of halogens is 4. The van der Waals surface area contributed by atoms with Crippen LogP contribution in [0.15, 0.2) is 15.6 Å². The highest BCUT2D eigenvalue weighted by atomic mass is 79.9. The normalized spacial score (nSPS) is 12.1. The number of aryl methyl sites for hydroxylation is 1. The largest absolute Gasteiger partial charge is 0.280 e. The molecule has 0 aliphatic heterocycles. The summed E-state index contributed by atoms with van der Waals surface area (Å²) in [6, 6.07) is 1.10. The molecule has 8 heteroatoms. The highest BCUT2D eigenvalue weighted by Gasteiger charge is 2.22. The minimum atomic E-state index is -4.13. The zero-order valence-corrected chi connectivity index (χ0v) is 10.5. The van der Waals surface area contributed by atoms with Gasteiger partial charge in [0.25, 0.3) is 15.5 Å². The second-order valence-corrected chi connectivity index (χ2v) is 6.00. The molecule has 0 aliphatic carbocycles. The van der Waals surface area contributed by atoms with Crippen molar-refractivity contribution >= 4 is 35.7 Å². The predicted octanol–water partition coefficient (Wildman–Crippen LogP) is 3.02. The first-order valence-electron chi connectivity index (χ1n) is 3.63. The van der Waals surface area contributed by atoms with Crippen molar-refractivity contribution in [2.75, 3.05) is 0 Å². The number of aromatic nitrogens is 1. The van der Waals surface area contributed by atoms with Gasteiger partial charge in [-0.25, -0.2) is 22.2 Å². The lowest BCUT2D eigenvalue weighted by molar-refractivity contribution is 0.145. The van der Waals surface area contributed by atoms with Gasteiger partial charge in [-0.1, -0.05) is 0 Å². The molecule has 0 amide bonds. The van der Waals surface area contributed by atoms with Crippen LogP contribution in [0, 0.1) is 6.92 Å². The van der Waals surface area contributed by atoms with Crippen molar-refractivity contribution in [1.82, 2.24) is 4.98 Å².